The Bertz CT molecular complexity index is 220. The minimum atomic E-state index is -0.259. The predicted molar refractivity (Wildman–Crippen MR) is 34.7 cm³/mol. The molecular weight excluding hydrogens is 130 g/mol. The first-order valence-electron chi connectivity index (χ1n) is 3.04. The van der Waals surface area contributed by atoms with Gasteiger partial charge in [-0.25, -0.2) is 12.5 Å². The maximum Gasteiger partial charge on any atom is 0.288 e. The fourth-order valence-corrected chi connectivity index (χ4v) is 1.01. The third-order valence-electron chi connectivity index (χ3n) is 1.52. The van der Waals surface area contributed by atoms with Crippen molar-refractivity contribution in [1.82, 2.24) is 5.32 Å². The molecule has 0 saturated carbocycles. The highest BCUT2D eigenvalue weighted by atomic mass is 16.4. The Balaban J connectivity index is 2.27. The molecule has 0 aromatic rings. The van der Waals surface area contributed by atoms with Crippen molar-refractivity contribution in [2.24, 2.45) is 0 Å². The maximum absolute atomic E-state index is 11.0. The zero-order valence-corrected chi connectivity index (χ0v) is 5.20. The number of nitrogens with one attached hydrogen (secondary N) is 1. The van der Waals surface area contributed by atoms with Crippen LogP contribution < -0.4 is 5.32 Å². The number of fused-ring (bicyclic) bond motifs is 1. The summed E-state index contributed by atoms with van der Waals surface area (Å²) in [7, 11) is 0. The van der Waals surface area contributed by atoms with Gasteiger partial charge in [0.15, 0.2) is 6.10 Å². The van der Waals surface area contributed by atoms with Crippen molar-refractivity contribution in [3.63, 3.8) is 0 Å². The van der Waals surface area contributed by atoms with Crippen LogP contribution in [0, 0.1) is 12.5 Å². The summed E-state index contributed by atoms with van der Waals surface area (Å²) in [4.78, 5) is 11.0. The summed E-state index contributed by atoms with van der Waals surface area (Å²) in [6.07, 6.45) is 7.12. The predicted octanol–water partition coefficient (Wildman–Crippen LogP) is -0.475. The van der Waals surface area contributed by atoms with E-state index in [2.05, 4.69) is 5.32 Å². The Kier molecular flexibility index (Phi) is 0.974. The van der Waals surface area contributed by atoms with Crippen molar-refractivity contribution < 1.29 is 9.22 Å². The quantitative estimate of drug-likeness (QED) is 0.273. The summed E-state index contributed by atoms with van der Waals surface area (Å²) in [6, 6.07) is -0.259. The van der Waals surface area contributed by atoms with Crippen LogP contribution in [0.2, 0.25) is 0 Å². The first kappa shape index (κ1) is 5.41. The third kappa shape index (κ3) is 0.603. The molecule has 3 heteroatoms. The Morgan fingerprint density at radius 3 is 3.50 bits per heavy atom. The van der Waals surface area contributed by atoms with Crippen LogP contribution in [0.25, 0.3) is 0 Å². The van der Waals surface area contributed by atoms with Crippen molar-refractivity contribution in [3.8, 4) is 0 Å². The molecule has 10 heavy (non-hydrogen) atoms. The highest BCUT2D eigenvalue weighted by Crippen LogP contribution is 2.17. The van der Waals surface area contributed by atoms with Gasteiger partial charge in [-0.1, -0.05) is 0 Å². The lowest BCUT2D eigenvalue weighted by molar-refractivity contribution is -0.420. The van der Waals surface area contributed by atoms with Crippen LogP contribution in [0.1, 0.15) is 0 Å². The molecule has 2 aliphatic rings. The second-order valence-electron chi connectivity index (χ2n) is 2.17. The summed E-state index contributed by atoms with van der Waals surface area (Å²) in [5, 5.41) is 2.79. The van der Waals surface area contributed by atoms with Gasteiger partial charge in [-0.3, -0.25) is 0 Å². The van der Waals surface area contributed by atoms with Gasteiger partial charge < -0.3 is 20.6 Å². The lowest BCUT2D eigenvalue weighted by atomic mass is 9.99. The molecule has 1 N–H and O–H groups in total. The van der Waals surface area contributed by atoms with Gasteiger partial charge in [-0.2, -0.15) is 0 Å². The Morgan fingerprint density at radius 1 is 1.80 bits per heavy atom. The molecular formula is C7H6NO2-. The molecule has 0 spiro atoms. The first-order valence-corrected chi connectivity index (χ1v) is 3.04. The van der Waals surface area contributed by atoms with Gasteiger partial charge in [0.05, 0.1) is 5.78 Å². The second-order valence-corrected chi connectivity index (χ2v) is 2.17. The molecule has 0 fully saturated rings. The molecule has 1 aliphatic carbocycles. The van der Waals surface area contributed by atoms with Gasteiger partial charge in [0, 0.05) is 0 Å². The number of rotatable bonds is 0. The van der Waals surface area contributed by atoms with E-state index in [1.165, 1.54) is 12.8 Å². The van der Waals surface area contributed by atoms with Crippen molar-refractivity contribution >= 4 is 12.2 Å². The number of amides is 1. The van der Waals surface area contributed by atoms with Crippen LogP contribution in [-0.4, -0.2) is 18.2 Å². The standard InChI is InChI=1S/C7H6NO2/c9-5-2-1-3-6-7(5)8-4-10-6/h1-4,7-8H/q-1. The SMILES string of the molecule is O=C1[CH-]C=C[C-]2[O+]=CNC12. The summed E-state index contributed by atoms with van der Waals surface area (Å²) in [5.41, 5.74) is 0. The van der Waals surface area contributed by atoms with Crippen LogP contribution in [0.5, 0.6) is 0 Å². The van der Waals surface area contributed by atoms with E-state index in [0.29, 0.717) is 6.10 Å². The Hall–Kier alpha value is -1.38. The Morgan fingerprint density at radius 2 is 2.70 bits per heavy atom. The maximum atomic E-state index is 11.0. The monoisotopic (exact) mass is 136 g/mol. The minimum Gasteiger partial charge on any atom is -0.356 e. The van der Waals surface area contributed by atoms with E-state index in [1.807, 2.05) is 0 Å². The number of hydrogen-bond donors (Lipinski definition) is 1. The first-order chi connectivity index (χ1) is 4.88. The average Bonchev–Trinajstić information content (AvgIpc) is 2.36. The highest BCUT2D eigenvalue weighted by molar-refractivity contribution is 5.98. The van der Waals surface area contributed by atoms with E-state index in [9.17, 15) is 4.79 Å². The summed E-state index contributed by atoms with van der Waals surface area (Å²) in [6.45, 7) is 0. The van der Waals surface area contributed by atoms with Gasteiger partial charge >= 0.3 is 0 Å². The van der Waals surface area contributed by atoms with Gasteiger partial charge in [-0.15, -0.1) is 0 Å². The van der Waals surface area contributed by atoms with Gasteiger partial charge in [0.2, 0.25) is 0 Å². The van der Waals surface area contributed by atoms with E-state index in [1.54, 1.807) is 12.2 Å². The van der Waals surface area contributed by atoms with Crippen molar-refractivity contribution in [3.05, 3.63) is 24.7 Å². The molecule has 1 unspecified atom stereocenters. The van der Waals surface area contributed by atoms with Gasteiger partial charge in [-0.05, 0) is 0 Å². The zero-order chi connectivity index (χ0) is 6.97. The van der Waals surface area contributed by atoms with Crippen molar-refractivity contribution in [2.75, 3.05) is 0 Å². The largest absolute Gasteiger partial charge is 0.356 e. The number of Topliss-reactive ketones (excluding diaryl/α,β-unsaturated/α-hetero) is 1. The molecule has 1 atom stereocenters. The molecule has 0 aromatic carbocycles. The number of ketones is 1. The molecule has 0 bridgehead atoms. The summed E-state index contributed by atoms with van der Waals surface area (Å²) in [5.74, 6) is 0.0475. The fraction of sp³-hybridized carbons (Fsp3) is 0.143. The van der Waals surface area contributed by atoms with Crippen molar-refractivity contribution in [2.45, 2.75) is 6.04 Å². The fourth-order valence-electron chi connectivity index (χ4n) is 1.01. The number of carbonyl (C=O) groups is 1. The topological polar surface area (TPSA) is 40.4 Å². The molecule has 0 aromatic heterocycles. The molecule has 2 rings (SSSR count). The van der Waals surface area contributed by atoms with Crippen LogP contribution >= 0.6 is 0 Å². The van der Waals surface area contributed by atoms with Crippen LogP contribution in [0.3, 0.4) is 0 Å². The van der Waals surface area contributed by atoms with Gasteiger partial charge in [0.1, 0.15) is 6.04 Å². The molecule has 0 saturated heterocycles. The smallest absolute Gasteiger partial charge is 0.288 e. The van der Waals surface area contributed by atoms with Gasteiger partial charge in [0.25, 0.3) is 6.41 Å². The van der Waals surface area contributed by atoms with Crippen LogP contribution in [0.15, 0.2) is 12.2 Å². The Labute approximate surface area is 58.4 Å². The van der Waals surface area contributed by atoms with E-state index in [0.717, 1.165) is 0 Å². The number of hydrogen-bond acceptors (Lipinski definition) is 2. The normalized spacial score (nSPS) is 27.8. The van der Waals surface area contributed by atoms with E-state index in [-0.39, 0.29) is 11.8 Å². The summed E-state index contributed by atoms with van der Waals surface area (Å²) >= 11 is 0. The molecule has 52 valence electrons. The lowest BCUT2D eigenvalue weighted by Crippen LogP contribution is -2.37. The third-order valence-corrected chi connectivity index (χ3v) is 1.52. The van der Waals surface area contributed by atoms with E-state index in [4.69, 9.17) is 4.42 Å². The summed E-state index contributed by atoms with van der Waals surface area (Å²) < 4.78 is 4.98. The minimum absolute atomic E-state index is 0.0475. The molecule has 0 radical (unpaired) electrons. The van der Waals surface area contributed by atoms with E-state index < -0.39 is 0 Å². The van der Waals surface area contributed by atoms with E-state index >= 15 is 0 Å². The molecule has 0 amide bonds. The molecule has 3 nitrogen and oxygen atoms in total. The second kappa shape index (κ2) is 1.80. The molecule has 1 heterocycles. The zero-order valence-electron chi connectivity index (χ0n) is 5.20. The average molecular weight is 136 g/mol. The number of allylic oxidation sites excluding steroid dienone is 1. The lowest BCUT2D eigenvalue weighted by Gasteiger charge is -2.22. The molecule has 1 aliphatic heterocycles. The highest BCUT2D eigenvalue weighted by Gasteiger charge is 2.28. The van der Waals surface area contributed by atoms with Crippen molar-refractivity contribution in [1.29, 1.82) is 0 Å². The van der Waals surface area contributed by atoms with Crippen LogP contribution in [-0.2, 0) is 9.22 Å². The number of carbonyl (C=O) groups excluding carboxylic acids is 2. The van der Waals surface area contributed by atoms with Crippen LogP contribution in [0.4, 0.5) is 0 Å².